The van der Waals surface area contributed by atoms with E-state index in [-0.39, 0.29) is 56.6 Å². The van der Waals surface area contributed by atoms with Crippen LogP contribution in [0.2, 0.25) is 95.2 Å². The quantitative estimate of drug-likeness (QED) is 0.131. The van der Waals surface area contributed by atoms with Gasteiger partial charge in [-0.2, -0.15) is 11.1 Å². The van der Waals surface area contributed by atoms with Crippen LogP contribution in [0, 0.1) is 53.3 Å². The van der Waals surface area contributed by atoms with Crippen LogP contribution in [0.4, 0.5) is 0 Å². The summed E-state index contributed by atoms with van der Waals surface area (Å²) in [5, 5.41) is 0. The second kappa shape index (κ2) is 30.7. The van der Waals surface area contributed by atoms with Gasteiger partial charge in [0, 0.05) is 15.2 Å². The first kappa shape index (κ1) is 74.6. The molecule has 0 heterocycles. The Labute approximate surface area is 589 Å². The second-order valence-electron chi connectivity index (χ2n) is 35.1. The first-order valence-electron chi connectivity index (χ1n) is 37.2. The molecule has 7 fully saturated rings. The molecule has 0 saturated heterocycles. The topological polar surface area (TPSA) is 0 Å². The van der Waals surface area contributed by atoms with Crippen molar-refractivity contribution in [1.29, 1.82) is 0 Å². The zero-order chi connectivity index (χ0) is 60.3. The number of benzene rings is 2. The standard InChI is InChI=1S/C25H48Si2.C25H36Si2.C16H23ClSi2.C12H20.3Li/c2*1-6-7-9-19-12-14-23(16-19)26(2,3)27(4,5)25-15-13-22-17-20-10-8-11-21(20)18-24(22)25;1-18(2,19(3,4)17)16-9-8-14-10-12-6-5-7-13(12)11-15(14)16;1-3-9-7-11-5-2-6-12(11)8-10(9)4-1;;;/h19-25H,6-18H2,1-5H3;12-18,23,25H,6-11H2,1-5H3;8-11,16H,5-7H2,1-4H3;9-12H,1-8H2;;;/q;;;;3*+1. The van der Waals surface area contributed by atoms with E-state index in [1.54, 1.807) is 155 Å². The predicted molar refractivity (Wildman–Crippen MR) is 393 cm³/mol. The maximum Gasteiger partial charge on any atom is 1.00 e. The third kappa shape index (κ3) is 15.2. The van der Waals surface area contributed by atoms with Gasteiger partial charge in [0.1, 0.15) is 6.90 Å². The minimum Gasteiger partial charge on any atom is -0.171 e. The van der Waals surface area contributed by atoms with Crippen molar-refractivity contribution in [3.63, 3.8) is 0 Å². The molecule has 470 valence electrons. The summed E-state index contributed by atoms with van der Waals surface area (Å²) in [4.78, 5) is 0. The minimum atomic E-state index is -1.58. The van der Waals surface area contributed by atoms with Gasteiger partial charge < -0.3 is 0 Å². The Morgan fingerprint density at radius 3 is 1.38 bits per heavy atom. The molecule has 14 unspecified atom stereocenters. The summed E-state index contributed by atoms with van der Waals surface area (Å²) in [5.41, 5.74) is 18.8. The van der Waals surface area contributed by atoms with E-state index in [0.717, 1.165) is 35.1 Å². The summed E-state index contributed by atoms with van der Waals surface area (Å²) in [6.45, 7) is 35.0. The third-order valence-electron chi connectivity index (χ3n) is 29.4. The van der Waals surface area contributed by atoms with Crippen LogP contribution < -0.4 is 56.6 Å². The first-order valence-corrected chi connectivity index (χ1v) is 59.6. The van der Waals surface area contributed by atoms with E-state index < -0.39 is 44.9 Å². The van der Waals surface area contributed by atoms with Crippen LogP contribution in [0.3, 0.4) is 0 Å². The molecule has 7 saturated carbocycles. The number of unbranched alkanes of at least 4 members (excludes halogenated alkanes) is 2. The van der Waals surface area contributed by atoms with E-state index in [9.17, 15) is 0 Å². The summed E-state index contributed by atoms with van der Waals surface area (Å²) in [6, 6.07) is 10.1. The van der Waals surface area contributed by atoms with Crippen LogP contribution in [0.5, 0.6) is 0 Å². The fraction of sp³-hybridized carbons (Fsp3) is 0.744. The van der Waals surface area contributed by atoms with E-state index >= 15 is 0 Å². The molecule has 0 radical (unpaired) electrons. The maximum absolute atomic E-state index is 6.86. The summed E-state index contributed by atoms with van der Waals surface area (Å²) < 4.78 is 0. The van der Waals surface area contributed by atoms with E-state index in [1.807, 2.05) is 0 Å². The molecule has 2 aromatic carbocycles. The smallest absolute Gasteiger partial charge is 0.171 e. The summed E-state index contributed by atoms with van der Waals surface area (Å²) >= 11 is 6.86. The van der Waals surface area contributed by atoms with Crippen molar-refractivity contribution in [2.24, 2.45) is 53.3 Å². The van der Waals surface area contributed by atoms with Crippen molar-refractivity contribution in [3.8, 4) is 0 Å². The Balaban J connectivity index is 0.000000155. The van der Waals surface area contributed by atoms with Crippen LogP contribution in [-0.4, -0.2) is 44.9 Å². The van der Waals surface area contributed by atoms with Crippen LogP contribution in [0.25, 0.3) is 12.2 Å². The summed E-state index contributed by atoms with van der Waals surface area (Å²) in [6.07, 6.45) is 62.4. The van der Waals surface area contributed by atoms with Crippen LogP contribution in [0.1, 0.15) is 236 Å². The number of rotatable bonds is 14. The van der Waals surface area contributed by atoms with Crippen molar-refractivity contribution < 1.29 is 56.6 Å². The number of halogens is 1. The van der Waals surface area contributed by atoms with Crippen LogP contribution in [0.15, 0.2) is 60.2 Å². The van der Waals surface area contributed by atoms with Crippen molar-refractivity contribution in [1.82, 2.24) is 0 Å². The molecule has 0 aliphatic heterocycles. The molecule has 12 aliphatic rings. The summed E-state index contributed by atoms with van der Waals surface area (Å²) in [5.74, 6) is 10.4. The normalized spacial score (nSPS) is 32.0. The molecular weight excluding hydrogens is 1160 g/mol. The first-order chi connectivity index (χ1) is 40.4. The molecule has 0 spiro atoms. The summed E-state index contributed by atoms with van der Waals surface area (Å²) in [7, 11) is -6.56. The number of fused-ring (bicyclic) bond motifs is 8. The van der Waals surface area contributed by atoms with Gasteiger partial charge in [-0.15, -0.1) is 0 Å². The molecule has 14 atom stereocenters. The zero-order valence-corrected chi connectivity index (χ0v) is 67.3. The average Bonchev–Trinajstić information content (AvgIpc) is 1.62. The van der Waals surface area contributed by atoms with Gasteiger partial charge in [-0.25, -0.2) is 0 Å². The number of hydrogen-bond donors (Lipinski definition) is 0. The molecule has 0 amide bonds. The Hall–Kier alpha value is 0.784. The Bertz CT molecular complexity index is 2750. The zero-order valence-electron chi connectivity index (χ0n) is 60.5. The van der Waals surface area contributed by atoms with E-state index in [2.05, 4.69) is 159 Å². The Kier molecular flexibility index (Phi) is 26.0. The van der Waals surface area contributed by atoms with Crippen LogP contribution >= 0.6 is 11.1 Å². The third-order valence-corrected chi connectivity index (χ3v) is 89.1. The molecule has 12 aliphatic carbocycles. The molecule has 10 heteroatoms. The van der Waals surface area contributed by atoms with Gasteiger partial charge in [0.15, 0.2) is 0 Å². The average molecular weight is 1290 g/mol. The second-order valence-corrected chi connectivity index (χ2v) is 85.6. The molecule has 0 aromatic heterocycles. The van der Waals surface area contributed by atoms with Gasteiger partial charge in [-0.1, -0.05) is 280 Å². The fourth-order valence-corrected chi connectivity index (χ4v) is 52.9. The number of aryl methyl sites for hydroxylation is 4. The van der Waals surface area contributed by atoms with Crippen molar-refractivity contribution >= 4 is 68.1 Å². The molecule has 2 aromatic rings. The van der Waals surface area contributed by atoms with E-state index in [1.165, 1.54) is 123 Å². The van der Waals surface area contributed by atoms with Gasteiger partial charge >= 0.3 is 56.6 Å². The minimum absolute atomic E-state index is 0. The van der Waals surface area contributed by atoms with Gasteiger partial charge in [0.05, 0.1) is 22.8 Å². The molecule has 0 bridgehead atoms. The van der Waals surface area contributed by atoms with Gasteiger partial charge in [-0.05, 0) is 203 Å². The Morgan fingerprint density at radius 2 is 0.886 bits per heavy atom. The van der Waals surface area contributed by atoms with Crippen molar-refractivity contribution in [2.75, 3.05) is 0 Å². The molecule has 14 rings (SSSR count). The fourth-order valence-electron chi connectivity index (χ4n) is 21.7. The SMILES string of the molecule is C1CC2CC3CCCC3CC2C1.CCCCC1=CC([Si](C)(C)[Si](C)(C)C2C=Cc3cc4c(cc32)CCC4)C=C1.CCCCC1CCC([Si](C)(C)[Si](C)(C)C2CCC3CC4CCCC4CC32)C1.C[Si](C)(Cl)[Si](C)(C)C1C=Cc2cc3c(cc21)CCC3.[Li+].[Li+].[Li+]. The van der Waals surface area contributed by atoms with Crippen molar-refractivity contribution in [2.45, 2.75) is 313 Å². The predicted octanol–water partition coefficient (Wildman–Crippen LogP) is 15.5. The van der Waals surface area contributed by atoms with Gasteiger partial charge in [0.25, 0.3) is 0 Å². The number of allylic oxidation sites excluding steroid dienone is 6. The van der Waals surface area contributed by atoms with E-state index in [0.29, 0.717) is 11.1 Å². The molecule has 0 nitrogen and oxygen atoms in total. The van der Waals surface area contributed by atoms with Crippen LogP contribution in [-0.2, 0) is 25.7 Å². The molecule has 0 N–H and O–H groups in total. The molecule has 88 heavy (non-hydrogen) atoms. The van der Waals surface area contributed by atoms with Crippen molar-refractivity contribution in [3.05, 3.63) is 105 Å². The largest absolute Gasteiger partial charge is 1.00 e. The molecular formula is C78H127ClLi3Si6+3. The van der Waals surface area contributed by atoms with E-state index in [4.69, 9.17) is 11.1 Å². The van der Waals surface area contributed by atoms with Gasteiger partial charge in [0.2, 0.25) is 0 Å². The number of hydrogen-bond acceptors (Lipinski definition) is 0. The monoisotopic (exact) mass is 1290 g/mol. The Morgan fingerprint density at radius 1 is 0.420 bits per heavy atom. The maximum atomic E-state index is 6.86. The van der Waals surface area contributed by atoms with Gasteiger partial charge in [-0.3, -0.25) is 0 Å².